The number of benzene rings is 1. The number of anilines is 1. The van der Waals surface area contributed by atoms with Crippen LogP contribution in [0.5, 0.6) is 0 Å². The summed E-state index contributed by atoms with van der Waals surface area (Å²) in [5, 5.41) is 16.0. The lowest BCUT2D eigenvalue weighted by molar-refractivity contribution is 0.715. The maximum absolute atomic E-state index is 5.88. The van der Waals surface area contributed by atoms with E-state index in [0.717, 1.165) is 10.0 Å². The molecule has 0 aliphatic carbocycles. The summed E-state index contributed by atoms with van der Waals surface area (Å²) in [6.07, 6.45) is 1.83. The number of nitrogens with zero attached hydrogens (tertiary/aromatic N) is 6. The Hall–Kier alpha value is -2.22. The normalized spacial score (nSPS) is 10.8. The Morgan fingerprint density at radius 1 is 1.26 bits per heavy atom. The molecule has 0 unspecified atom stereocenters. The summed E-state index contributed by atoms with van der Waals surface area (Å²) in [5.74, 6) is 1.23. The van der Waals surface area contributed by atoms with E-state index in [0.29, 0.717) is 17.3 Å². The first-order valence-electron chi connectivity index (χ1n) is 5.49. The maximum atomic E-state index is 5.88. The van der Waals surface area contributed by atoms with E-state index >= 15 is 0 Å². The SMILES string of the molecule is Cn1ccc(-n2nnnc2-c2cccc(N)c2Br)n1. The summed E-state index contributed by atoms with van der Waals surface area (Å²) < 4.78 is 4.02. The van der Waals surface area contributed by atoms with Gasteiger partial charge in [-0.2, -0.15) is 9.78 Å². The van der Waals surface area contributed by atoms with Crippen LogP contribution in [0.3, 0.4) is 0 Å². The van der Waals surface area contributed by atoms with E-state index in [1.54, 1.807) is 9.36 Å². The van der Waals surface area contributed by atoms with Crippen molar-refractivity contribution in [3.8, 4) is 17.2 Å². The number of tetrazole rings is 1. The molecule has 2 N–H and O–H groups in total. The van der Waals surface area contributed by atoms with Gasteiger partial charge in [-0.1, -0.05) is 6.07 Å². The van der Waals surface area contributed by atoms with E-state index in [1.807, 2.05) is 37.5 Å². The minimum absolute atomic E-state index is 0.581. The van der Waals surface area contributed by atoms with Crippen molar-refractivity contribution >= 4 is 21.6 Å². The number of aryl methyl sites for hydroxylation is 1. The van der Waals surface area contributed by atoms with E-state index in [1.165, 1.54) is 0 Å². The molecule has 0 saturated heterocycles. The molecule has 3 aromatic rings. The number of hydrogen-bond acceptors (Lipinski definition) is 5. The Bertz CT molecular complexity index is 730. The lowest BCUT2D eigenvalue weighted by Crippen LogP contribution is -2.02. The van der Waals surface area contributed by atoms with Gasteiger partial charge < -0.3 is 5.73 Å². The summed E-state index contributed by atoms with van der Waals surface area (Å²) in [6, 6.07) is 7.39. The molecule has 2 heterocycles. The highest BCUT2D eigenvalue weighted by Gasteiger charge is 2.16. The zero-order valence-corrected chi connectivity index (χ0v) is 11.6. The molecule has 3 rings (SSSR count). The van der Waals surface area contributed by atoms with Gasteiger partial charge in [0.1, 0.15) is 0 Å². The maximum Gasteiger partial charge on any atom is 0.190 e. The van der Waals surface area contributed by atoms with Crippen LogP contribution < -0.4 is 5.73 Å². The van der Waals surface area contributed by atoms with E-state index in [4.69, 9.17) is 5.73 Å². The molecule has 0 fully saturated rings. The van der Waals surface area contributed by atoms with Crippen LogP contribution in [0.1, 0.15) is 0 Å². The van der Waals surface area contributed by atoms with Gasteiger partial charge in [-0.3, -0.25) is 4.68 Å². The van der Waals surface area contributed by atoms with Crippen LogP contribution >= 0.6 is 15.9 Å². The van der Waals surface area contributed by atoms with Crippen molar-refractivity contribution in [2.45, 2.75) is 0 Å². The lowest BCUT2D eigenvalue weighted by atomic mass is 10.2. The van der Waals surface area contributed by atoms with Crippen molar-refractivity contribution in [3.05, 3.63) is 34.9 Å². The smallest absolute Gasteiger partial charge is 0.190 e. The minimum Gasteiger partial charge on any atom is -0.398 e. The quantitative estimate of drug-likeness (QED) is 0.721. The Balaban J connectivity index is 2.17. The molecule has 19 heavy (non-hydrogen) atoms. The molecule has 0 amide bonds. The third-order valence-corrected chi connectivity index (χ3v) is 3.54. The Labute approximate surface area is 117 Å². The standard InChI is InChI=1S/C11H10BrN7/c1-18-6-5-9(15-18)19-11(14-16-17-19)7-3-2-4-8(13)10(7)12/h2-6H,13H2,1H3. The van der Waals surface area contributed by atoms with E-state index in [2.05, 4.69) is 36.6 Å². The van der Waals surface area contributed by atoms with Gasteiger partial charge in [0.25, 0.3) is 0 Å². The van der Waals surface area contributed by atoms with Gasteiger partial charge in [0.2, 0.25) is 0 Å². The number of hydrogen-bond donors (Lipinski definition) is 1. The van der Waals surface area contributed by atoms with Crippen molar-refractivity contribution in [2.24, 2.45) is 7.05 Å². The van der Waals surface area contributed by atoms with Gasteiger partial charge in [0.15, 0.2) is 11.6 Å². The monoisotopic (exact) mass is 319 g/mol. The summed E-state index contributed by atoms with van der Waals surface area (Å²) in [7, 11) is 1.84. The van der Waals surface area contributed by atoms with Crippen LogP contribution in [0.2, 0.25) is 0 Å². The largest absolute Gasteiger partial charge is 0.398 e. The Morgan fingerprint density at radius 2 is 2.11 bits per heavy atom. The van der Waals surface area contributed by atoms with Crippen LogP contribution in [0, 0.1) is 0 Å². The third kappa shape index (κ3) is 1.99. The highest BCUT2D eigenvalue weighted by molar-refractivity contribution is 9.10. The van der Waals surface area contributed by atoms with E-state index in [9.17, 15) is 0 Å². The first-order valence-corrected chi connectivity index (χ1v) is 6.29. The average molecular weight is 320 g/mol. The molecule has 0 bridgehead atoms. The summed E-state index contributed by atoms with van der Waals surface area (Å²) >= 11 is 3.45. The first-order chi connectivity index (χ1) is 9.16. The molecule has 0 atom stereocenters. The van der Waals surface area contributed by atoms with Gasteiger partial charge in [-0.05, 0) is 38.5 Å². The van der Waals surface area contributed by atoms with E-state index in [-0.39, 0.29) is 0 Å². The van der Waals surface area contributed by atoms with Crippen molar-refractivity contribution in [2.75, 3.05) is 5.73 Å². The highest BCUT2D eigenvalue weighted by atomic mass is 79.9. The lowest BCUT2D eigenvalue weighted by Gasteiger charge is -2.05. The minimum atomic E-state index is 0.581. The fourth-order valence-corrected chi connectivity index (χ4v) is 2.19. The second-order valence-electron chi connectivity index (χ2n) is 3.97. The number of halogens is 1. The van der Waals surface area contributed by atoms with Gasteiger partial charge in [0.05, 0.1) is 4.47 Å². The summed E-state index contributed by atoms with van der Waals surface area (Å²) in [5.41, 5.74) is 7.32. The second-order valence-corrected chi connectivity index (χ2v) is 4.76. The number of nitrogens with two attached hydrogens (primary N) is 1. The molecule has 1 aromatic carbocycles. The van der Waals surface area contributed by atoms with Crippen molar-refractivity contribution < 1.29 is 0 Å². The summed E-state index contributed by atoms with van der Waals surface area (Å²) in [6.45, 7) is 0. The van der Waals surface area contributed by atoms with Crippen LogP contribution in [-0.4, -0.2) is 30.0 Å². The highest BCUT2D eigenvalue weighted by Crippen LogP contribution is 2.31. The molecule has 96 valence electrons. The molecule has 0 saturated carbocycles. The predicted octanol–water partition coefficient (Wildman–Crippen LogP) is 1.41. The molecule has 2 aromatic heterocycles. The molecular formula is C11H10BrN7. The molecule has 0 aliphatic rings. The zero-order valence-electron chi connectivity index (χ0n) is 10.0. The van der Waals surface area contributed by atoms with Crippen molar-refractivity contribution in [1.29, 1.82) is 0 Å². The molecule has 0 radical (unpaired) electrons. The first kappa shape index (κ1) is 11.8. The van der Waals surface area contributed by atoms with E-state index < -0.39 is 0 Å². The van der Waals surface area contributed by atoms with Gasteiger partial charge >= 0.3 is 0 Å². The van der Waals surface area contributed by atoms with Crippen LogP contribution in [0.15, 0.2) is 34.9 Å². The number of nitrogen functional groups attached to an aromatic ring is 1. The van der Waals surface area contributed by atoms with Gasteiger partial charge in [0, 0.05) is 30.6 Å². The average Bonchev–Trinajstić information content (AvgIpc) is 3.01. The molecule has 8 heteroatoms. The molecular weight excluding hydrogens is 310 g/mol. The Kier molecular flexibility index (Phi) is 2.79. The molecule has 0 spiro atoms. The summed E-state index contributed by atoms with van der Waals surface area (Å²) in [4.78, 5) is 0. The fraction of sp³-hybridized carbons (Fsp3) is 0.0909. The van der Waals surface area contributed by atoms with Crippen molar-refractivity contribution in [1.82, 2.24) is 30.0 Å². The zero-order chi connectivity index (χ0) is 13.4. The van der Waals surface area contributed by atoms with Crippen LogP contribution in [-0.2, 0) is 7.05 Å². The van der Waals surface area contributed by atoms with Gasteiger partial charge in [-0.25, -0.2) is 0 Å². The predicted molar refractivity (Wildman–Crippen MR) is 73.5 cm³/mol. The third-order valence-electron chi connectivity index (χ3n) is 2.66. The van der Waals surface area contributed by atoms with Crippen molar-refractivity contribution in [3.63, 3.8) is 0 Å². The van der Waals surface area contributed by atoms with Crippen LogP contribution in [0.25, 0.3) is 17.2 Å². The molecule has 0 aliphatic heterocycles. The number of aromatic nitrogens is 6. The van der Waals surface area contributed by atoms with Gasteiger partial charge in [-0.15, -0.1) is 5.10 Å². The second kappa shape index (κ2) is 4.47. The Morgan fingerprint density at radius 3 is 2.84 bits per heavy atom. The topological polar surface area (TPSA) is 87.4 Å². The number of rotatable bonds is 2. The molecule has 7 nitrogen and oxygen atoms in total. The van der Waals surface area contributed by atoms with Crippen LogP contribution in [0.4, 0.5) is 5.69 Å². The fourth-order valence-electron chi connectivity index (χ4n) is 1.75.